The Morgan fingerprint density at radius 2 is 1.62 bits per heavy atom. The zero-order chi connectivity index (χ0) is 20.5. The lowest BCUT2D eigenvalue weighted by Crippen LogP contribution is -2.23. The molecule has 6 heteroatoms. The molecule has 1 N–H and O–H groups in total. The molecule has 0 unspecified atom stereocenters. The van der Waals surface area contributed by atoms with E-state index < -0.39 is 18.5 Å². The van der Waals surface area contributed by atoms with Gasteiger partial charge >= 0.3 is 5.97 Å². The second-order valence-corrected chi connectivity index (χ2v) is 6.71. The Hall–Kier alpha value is -3.31. The monoisotopic (exact) mass is 409 g/mol. The number of esters is 1. The van der Waals surface area contributed by atoms with Gasteiger partial charge in [-0.2, -0.15) is 0 Å². The van der Waals surface area contributed by atoms with Crippen molar-refractivity contribution in [3.63, 3.8) is 0 Å². The Morgan fingerprint density at radius 1 is 0.862 bits per heavy atom. The molecule has 0 atom stereocenters. The Bertz CT molecular complexity index is 975. The van der Waals surface area contributed by atoms with Gasteiger partial charge in [0.2, 0.25) is 0 Å². The van der Waals surface area contributed by atoms with Crippen molar-refractivity contribution in [3.05, 3.63) is 95.0 Å². The van der Waals surface area contributed by atoms with Crippen LogP contribution in [-0.4, -0.2) is 25.1 Å². The molecule has 5 nitrogen and oxygen atoms in total. The fourth-order valence-corrected chi connectivity index (χ4v) is 2.88. The standard InChI is InChI=1S/C23H20ClNO4/c24-19-10-6-11-20(14-19)25-22(26)15-29-23(27)16-28-21-12-5-4-9-18(21)13-17-7-2-1-3-8-17/h1-12,14H,13,15-16H2,(H,25,26). The van der Waals surface area contributed by atoms with Gasteiger partial charge in [-0.15, -0.1) is 0 Å². The van der Waals surface area contributed by atoms with E-state index in [1.54, 1.807) is 30.3 Å². The van der Waals surface area contributed by atoms with Gasteiger partial charge in [-0.25, -0.2) is 4.79 Å². The number of amides is 1. The summed E-state index contributed by atoms with van der Waals surface area (Å²) in [5, 5.41) is 3.11. The second-order valence-electron chi connectivity index (χ2n) is 6.28. The molecule has 0 spiro atoms. The minimum absolute atomic E-state index is 0.281. The first-order chi connectivity index (χ1) is 14.1. The molecule has 0 aliphatic carbocycles. The average Bonchev–Trinajstić information content (AvgIpc) is 2.72. The summed E-state index contributed by atoms with van der Waals surface area (Å²) in [7, 11) is 0. The lowest BCUT2D eigenvalue weighted by Gasteiger charge is -2.11. The van der Waals surface area contributed by atoms with Gasteiger partial charge < -0.3 is 14.8 Å². The van der Waals surface area contributed by atoms with Gasteiger partial charge in [0.25, 0.3) is 5.91 Å². The van der Waals surface area contributed by atoms with Crippen LogP contribution in [0, 0.1) is 0 Å². The molecular formula is C23H20ClNO4. The zero-order valence-corrected chi connectivity index (χ0v) is 16.4. The van der Waals surface area contributed by atoms with Crippen molar-refractivity contribution in [2.24, 2.45) is 0 Å². The third kappa shape index (κ3) is 6.66. The van der Waals surface area contributed by atoms with E-state index in [9.17, 15) is 9.59 Å². The number of carbonyl (C=O) groups excluding carboxylic acids is 2. The van der Waals surface area contributed by atoms with Gasteiger partial charge in [0.1, 0.15) is 5.75 Å². The number of hydrogen-bond donors (Lipinski definition) is 1. The molecule has 0 heterocycles. The molecule has 3 aromatic rings. The number of carbonyl (C=O) groups is 2. The number of benzene rings is 3. The normalized spacial score (nSPS) is 10.2. The summed E-state index contributed by atoms with van der Waals surface area (Å²) in [5.74, 6) is -0.470. The highest BCUT2D eigenvalue weighted by molar-refractivity contribution is 6.30. The first-order valence-corrected chi connectivity index (χ1v) is 9.43. The fourth-order valence-electron chi connectivity index (χ4n) is 2.69. The number of hydrogen-bond acceptors (Lipinski definition) is 4. The topological polar surface area (TPSA) is 64.6 Å². The second kappa shape index (κ2) is 10.3. The largest absolute Gasteiger partial charge is 0.482 e. The van der Waals surface area contributed by atoms with Crippen molar-refractivity contribution < 1.29 is 19.1 Å². The Kier molecular flexibility index (Phi) is 7.25. The first-order valence-electron chi connectivity index (χ1n) is 9.06. The van der Waals surface area contributed by atoms with Crippen LogP contribution in [0.1, 0.15) is 11.1 Å². The van der Waals surface area contributed by atoms with E-state index >= 15 is 0 Å². The average molecular weight is 410 g/mol. The van der Waals surface area contributed by atoms with Crippen molar-refractivity contribution in [2.45, 2.75) is 6.42 Å². The Labute approximate surface area is 174 Å². The Balaban J connectivity index is 1.47. The van der Waals surface area contributed by atoms with Gasteiger partial charge in [0.15, 0.2) is 13.2 Å². The van der Waals surface area contributed by atoms with Crippen LogP contribution in [0.4, 0.5) is 5.69 Å². The van der Waals surface area contributed by atoms with Gasteiger partial charge in [0, 0.05) is 17.1 Å². The molecular weight excluding hydrogens is 390 g/mol. The van der Waals surface area contributed by atoms with Crippen molar-refractivity contribution in [1.29, 1.82) is 0 Å². The highest BCUT2D eigenvalue weighted by atomic mass is 35.5. The molecule has 148 valence electrons. The van der Waals surface area contributed by atoms with Crippen LogP contribution in [-0.2, 0) is 20.7 Å². The lowest BCUT2D eigenvalue weighted by molar-refractivity contribution is -0.149. The van der Waals surface area contributed by atoms with Crippen LogP contribution in [0.3, 0.4) is 0 Å². The molecule has 0 saturated carbocycles. The maximum absolute atomic E-state index is 11.9. The highest BCUT2D eigenvalue weighted by Gasteiger charge is 2.11. The molecule has 0 radical (unpaired) electrons. The maximum Gasteiger partial charge on any atom is 0.344 e. The molecule has 0 saturated heterocycles. The summed E-state index contributed by atoms with van der Waals surface area (Å²) in [6.07, 6.45) is 0.689. The summed E-state index contributed by atoms with van der Waals surface area (Å²) in [4.78, 5) is 23.8. The fraction of sp³-hybridized carbons (Fsp3) is 0.130. The van der Waals surface area contributed by atoms with E-state index in [-0.39, 0.29) is 6.61 Å². The summed E-state index contributed by atoms with van der Waals surface area (Å²) in [6, 6.07) is 24.2. The summed E-state index contributed by atoms with van der Waals surface area (Å²) < 4.78 is 10.6. The summed E-state index contributed by atoms with van der Waals surface area (Å²) in [6.45, 7) is -0.684. The molecule has 3 aromatic carbocycles. The molecule has 0 aliphatic rings. The summed E-state index contributed by atoms with van der Waals surface area (Å²) in [5.41, 5.74) is 2.64. The number of para-hydroxylation sites is 1. The van der Waals surface area contributed by atoms with Crippen LogP contribution in [0.25, 0.3) is 0 Å². The minimum atomic E-state index is -0.624. The van der Waals surface area contributed by atoms with Crippen LogP contribution in [0.15, 0.2) is 78.9 Å². The van der Waals surface area contributed by atoms with Crippen LogP contribution < -0.4 is 10.1 Å². The molecule has 0 fully saturated rings. The molecule has 0 aromatic heterocycles. The van der Waals surface area contributed by atoms with Gasteiger partial charge in [-0.3, -0.25) is 4.79 Å². The molecule has 1 amide bonds. The van der Waals surface area contributed by atoms with E-state index in [1.165, 1.54) is 0 Å². The SMILES string of the molecule is O=C(COC(=O)COc1ccccc1Cc1ccccc1)Nc1cccc(Cl)c1. The highest BCUT2D eigenvalue weighted by Crippen LogP contribution is 2.21. The van der Waals surface area contributed by atoms with Gasteiger partial charge in [-0.05, 0) is 35.4 Å². The molecule has 29 heavy (non-hydrogen) atoms. The van der Waals surface area contributed by atoms with Gasteiger partial charge in [-0.1, -0.05) is 66.2 Å². The van der Waals surface area contributed by atoms with Crippen LogP contribution in [0.5, 0.6) is 5.75 Å². The molecule has 3 rings (SSSR count). The number of nitrogens with one attached hydrogen (secondary N) is 1. The summed E-state index contributed by atoms with van der Waals surface area (Å²) >= 11 is 5.87. The van der Waals surface area contributed by atoms with E-state index in [0.29, 0.717) is 22.9 Å². The predicted octanol–water partition coefficient (Wildman–Crippen LogP) is 4.49. The Morgan fingerprint density at radius 3 is 2.41 bits per heavy atom. The number of halogens is 1. The third-order valence-corrected chi connectivity index (χ3v) is 4.26. The predicted molar refractivity (Wildman–Crippen MR) is 112 cm³/mol. The van der Waals surface area contributed by atoms with E-state index in [2.05, 4.69) is 5.32 Å². The lowest BCUT2D eigenvalue weighted by atomic mass is 10.0. The van der Waals surface area contributed by atoms with Gasteiger partial charge in [0.05, 0.1) is 0 Å². The van der Waals surface area contributed by atoms with E-state index in [0.717, 1.165) is 11.1 Å². The molecule has 0 aliphatic heterocycles. The van der Waals surface area contributed by atoms with E-state index in [4.69, 9.17) is 21.1 Å². The zero-order valence-electron chi connectivity index (χ0n) is 15.6. The number of rotatable bonds is 8. The minimum Gasteiger partial charge on any atom is -0.482 e. The number of anilines is 1. The number of ether oxygens (including phenoxy) is 2. The third-order valence-electron chi connectivity index (χ3n) is 4.03. The maximum atomic E-state index is 11.9. The van der Waals surface area contributed by atoms with Crippen molar-refractivity contribution >= 4 is 29.2 Å². The van der Waals surface area contributed by atoms with E-state index in [1.807, 2.05) is 48.5 Å². The van der Waals surface area contributed by atoms with Crippen molar-refractivity contribution in [2.75, 3.05) is 18.5 Å². The van der Waals surface area contributed by atoms with Crippen LogP contribution in [0.2, 0.25) is 5.02 Å². The van der Waals surface area contributed by atoms with Crippen molar-refractivity contribution in [1.82, 2.24) is 0 Å². The smallest absolute Gasteiger partial charge is 0.344 e. The van der Waals surface area contributed by atoms with Crippen LogP contribution >= 0.6 is 11.6 Å². The first kappa shape index (κ1) is 20.4. The van der Waals surface area contributed by atoms with Crippen molar-refractivity contribution in [3.8, 4) is 5.75 Å². The molecule has 0 bridgehead atoms. The quantitative estimate of drug-likeness (QED) is 0.557.